The fraction of sp³-hybridized carbons (Fsp3) is 0.208. The lowest BCUT2D eigenvalue weighted by molar-refractivity contribution is -0.384. The van der Waals surface area contributed by atoms with Gasteiger partial charge in [-0.15, -0.1) is 0 Å². The van der Waals surface area contributed by atoms with E-state index in [1.807, 2.05) is 49.4 Å². The van der Waals surface area contributed by atoms with Crippen molar-refractivity contribution in [1.82, 2.24) is 4.98 Å². The Balaban J connectivity index is 1.92. The zero-order valence-corrected chi connectivity index (χ0v) is 17.2. The van der Waals surface area contributed by atoms with Crippen LogP contribution in [-0.4, -0.2) is 15.8 Å². The molecule has 0 unspecified atom stereocenters. The zero-order chi connectivity index (χ0) is 22.2. The second-order valence-electron chi connectivity index (χ2n) is 7.04. The number of nitrogens with zero attached hydrogens (tertiary/aromatic N) is 4. The second-order valence-corrected chi connectivity index (χ2v) is 7.04. The van der Waals surface area contributed by atoms with Crippen LogP contribution in [0.15, 0.2) is 66.9 Å². The lowest BCUT2D eigenvalue weighted by Gasteiger charge is -2.22. The van der Waals surface area contributed by atoms with Gasteiger partial charge in [0.15, 0.2) is 0 Å². The normalized spacial score (nSPS) is 10.3. The van der Waals surface area contributed by atoms with E-state index in [4.69, 9.17) is 0 Å². The predicted molar refractivity (Wildman–Crippen MR) is 118 cm³/mol. The first-order valence-electron chi connectivity index (χ1n) is 10.0. The minimum absolute atomic E-state index is 0.0486. The first-order valence-corrected chi connectivity index (χ1v) is 10.0. The molecular formula is C24H22N4O3. The van der Waals surface area contributed by atoms with Gasteiger partial charge < -0.3 is 0 Å². The van der Waals surface area contributed by atoms with E-state index in [0.717, 1.165) is 23.1 Å². The van der Waals surface area contributed by atoms with Gasteiger partial charge in [0.1, 0.15) is 0 Å². The molecule has 1 amide bonds. The molecule has 0 fully saturated rings. The Morgan fingerprint density at radius 2 is 1.87 bits per heavy atom. The number of hydrogen-bond acceptors (Lipinski definition) is 5. The highest BCUT2D eigenvalue weighted by atomic mass is 16.6. The summed E-state index contributed by atoms with van der Waals surface area (Å²) in [7, 11) is 0. The number of carbonyl (C=O) groups excluding carboxylic acids is 1. The molecule has 7 nitrogen and oxygen atoms in total. The maximum atomic E-state index is 12.9. The quantitative estimate of drug-likeness (QED) is 0.370. The first-order chi connectivity index (χ1) is 15.0. The summed E-state index contributed by atoms with van der Waals surface area (Å²) in [5.41, 5.74) is 2.90. The highest BCUT2D eigenvalue weighted by Gasteiger charge is 2.25. The second kappa shape index (κ2) is 10.1. The van der Waals surface area contributed by atoms with Crippen LogP contribution < -0.4 is 4.90 Å². The van der Waals surface area contributed by atoms with Crippen molar-refractivity contribution in [2.24, 2.45) is 0 Å². The standard InChI is InChI=1S/C24H22N4O3/c1-2-3-10-23(29)27(24-22(28(30)31)9-6-15-26-24)17-18-11-13-19(14-12-18)21-8-5-4-7-20(21)16-25/h4-9,11-15H,2-3,10,17H2,1H3. The maximum absolute atomic E-state index is 12.9. The molecule has 1 aromatic heterocycles. The lowest BCUT2D eigenvalue weighted by atomic mass is 9.99. The summed E-state index contributed by atoms with van der Waals surface area (Å²) in [4.78, 5) is 29.4. The molecule has 3 rings (SSSR count). The van der Waals surface area contributed by atoms with Crippen LogP contribution in [0.25, 0.3) is 11.1 Å². The van der Waals surface area contributed by atoms with Crippen LogP contribution in [0.3, 0.4) is 0 Å². The Bertz CT molecular complexity index is 1120. The van der Waals surface area contributed by atoms with Crippen LogP contribution in [0.2, 0.25) is 0 Å². The number of unbranched alkanes of at least 4 members (excludes halogenated alkanes) is 1. The number of anilines is 1. The number of pyridine rings is 1. The third kappa shape index (κ3) is 5.11. The van der Waals surface area contributed by atoms with Gasteiger partial charge in [0, 0.05) is 18.7 Å². The van der Waals surface area contributed by atoms with Gasteiger partial charge in [0.05, 0.1) is 23.1 Å². The van der Waals surface area contributed by atoms with Gasteiger partial charge in [-0.05, 0) is 35.2 Å². The van der Waals surface area contributed by atoms with E-state index < -0.39 is 4.92 Å². The fourth-order valence-corrected chi connectivity index (χ4v) is 3.29. The summed E-state index contributed by atoms with van der Waals surface area (Å²) in [5, 5.41) is 20.8. The average molecular weight is 414 g/mol. The largest absolute Gasteiger partial charge is 0.312 e. The van der Waals surface area contributed by atoms with Crippen molar-refractivity contribution in [1.29, 1.82) is 5.26 Å². The van der Waals surface area contributed by atoms with Crippen molar-refractivity contribution >= 4 is 17.4 Å². The third-order valence-corrected chi connectivity index (χ3v) is 4.92. The summed E-state index contributed by atoms with van der Waals surface area (Å²) < 4.78 is 0. The van der Waals surface area contributed by atoms with E-state index in [2.05, 4.69) is 11.1 Å². The number of aromatic nitrogens is 1. The number of rotatable bonds is 8. The molecule has 0 N–H and O–H groups in total. The molecule has 0 bridgehead atoms. The van der Waals surface area contributed by atoms with E-state index in [9.17, 15) is 20.2 Å². The topological polar surface area (TPSA) is 100 Å². The molecule has 156 valence electrons. The molecule has 31 heavy (non-hydrogen) atoms. The molecule has 2 aromatic carbocycles. The Labute approximate surface area is 180 Å². The summed E-state index contributed by atoms with van der Waals surface area (Å²) in [6, 6.07) is 19.8. The van der Waals surface area contributed by atoms with Gasteiger partial charge in [-0.3, -0.25) is 19.8 Å². The van der Waals surface area contributed by atoms with Gasteiger partial charge in [-0.25, -0.2) is 4.98 Å². The summed E-state index contributed by atoms with van der Waals surface area (Å²) in [5.74, 6) is -0.157. The molecule has 0 atom stereocenters. The van der Waals surface area contributed by atoms with Gasteiger partial charge in [-0.2, -0.15) is 5.26 Å². The molecular weight excluding hydrogens is 392 g/mol. The van der Waals surface area contributed by atoms with Crippen molar-refractivity contribution in [2.75, 3.05) is 4.90 Å². The molecule has 0 aliphatic carbocycles. The van der Waals surface area contributed by atoms with Crippen LogP contribution in [0.4, 0.5) is 11.5 Å². The van der Waals surface area contributed by atoms with E-state index in [1.165, 1.54) is 23.2 Å². The van der Waals surface area contributed by atoms with Gasteiger partial charge in [0.2, 0.25) is 11.7 Å². The van der Waals surface area contributed by atoms with Crippen molar-refractivity contribution in [2.45, 2.75) is 32.7 Å². The molecule has 0 saturated heterocycles. The summed E-state index contributed by atoms with van der Waals surface area (Å²) in [6.07, 6.45) is 3.28. The van der Waals surface area contributed by atoms with Crippen LogP contribution in [-0.2, 0) is 11.3 Å². The molecule has 0 aliphatic rings. The maximum Gasteiger partial charge on any atom is 0.312 e. The molecule has 0 spiro atoms. The molecule has 0 radical (unpaired) electrons. The first kappa shape index (κ1) is 21.7. The highest BCUT2D eigenvalue weighted by Crippen LogP contribution is 2.28. The number of carbonyl (C=O) groups is 1. The monoisotopic (exact) mass is 414 g/mol. The Kier molecular flexibility index (Phi) is 7.07. The minimum atomic E-state index is -0.523. The molecule has 7 heteroatoms. The van der Waals surface area contributed by atoms with Crippen LogP contribution in [0.5, 0.6) is 0 Å². The van der Waals surface area contributed by atoms with Crippen molar-refractivity contribution < 1.29 is 9.72 Å². The predicted octanol–water partition coefficient (Wildman–Crippen LogP) is 5.25. The lowest BCUT2D eigenvalue weighted by Crippen LogP contribution is -2.31. The van der Waals surface area contributed by atoms with E-state index in [1.54, 1.807) is 6.07 Å². The van der Waals surface area contributed by atoms with Gasteiger partial charge in [-0.1, -0.05) is 55.8 Å². The van der Waals surface area contributed by atoms with Crippen molar-refractivity contribution in [3.8, 4) is 17.2 Å². The number of nitriles is 1. The van der Waals surface area contributed by atoms with Crippen LogP contribution in [0.1, 0.15) is 37.3 Å². The number of benzene rings is 2. The number of amides is 1. The zero-order valence-electron chi connectivity index (χ0n) is 17.2. The van der Waals surface area contributed by atoms with Crippen LogP contribution in [0, 0.1) is 21.4 Å². The van der Waals surface area contributed by atoms with Crippen molar-refractivity contribution in [3.05, 3.63) is 88.1 Å². The molecule has 3 aromatic rings. The summed E-state index contributed by atoms with van der Waals surface area (Å²) >= 11 is 0. The van der Waals surface area contributed by atoms with Gasteiger partial charge in [0.25, 0.3) is 0 Å². The summed E-state index contributed by atoms with van der Waals surface area (Å²) in [6.45, 7) is 2.15. The molecule has 0 saturated carbocycles. The Hall–Kier alpha value is -4.05. The smallest absolute Gasteiger partial charge is 0.287 e. The van der Waals surface area contributed by atoms with E-state index >= 15 is 0 Å². The highest BCUT2D eigenvalue weighted by molar-refractivity contribution is 5.94. The third-order valence-electron chi connectivity index (χ3n) is 4.92. The van der Waals surface area contributed by atoms with Gasteiger partial charge >= 0.3 is 5.69 Å². The van der Waals surface area contributed by atoms with Crippen molar-refractivity contribution in [3.63, 3.8) is 0 Å². The molecule has 0 aliphatic heterocycles. The number of nitro groups is 1. The average Bonchev–Trinajstić information content (AvgIpc) is 2.81. The minimum Gasteiger partial charge on any atom is -0.287 e. The SMILES string of the molecule is CCCCC(=O)N(Cc1ccc(-c2ccccc2C#N)cc1)c1ncccc1[N+](=O)[O-]. The van der Waals surface area contributed by atoms with E-state index in [-0.39, 0.29) is 30.4 Å². The van der Waals surface area contributed by atoms with E-state index in [0.29, 0.717) is 12.0 Å². The Morgan fingerprint density at radius 1 is 1.13 bits per heavy atom. The number of hydrogen-bond donors (Lipinski definition) is 0. The molecule has 1 heterocycles. The van der Waals surface area contributed by atoms with Crippen LogP contribution >= 0.6 is 0 Å². The fourth-order valence-electron chi connectivity index (χ4n) is 3.29. The Morgan fingerprint density at radius 3 is 2.55 bits per heavy atom.